The van der Waals surface area contributed by atoms with Crippen LogP contribution in [0, 0.1) is 6.92 Å². The average molecular weight is 405 g/mol. The zero-order valence-electron chi connectivity index (χ0n) is 16.8. The van der Waals surface area contributed by atoms with Crippen LogP contribution in [0.25, 0.3) is 0 Å². The Morgan fingerprint density at radius 3 is 2.43 bits per heavy atom. The van der Waals surface area contributed by atoms with Gasteiger partial charge in [-0.3, -0.25) is 9.10 Å². The normalized spacial score (nSPS) is 12.3. The van der Waals surface area contributed by atoms with E-state index in [9.17, 15) is 13.2 Å². The smallest absolute Gasteiger partial charge is 0.232 e. The number of anilines is 1. The summed E-state index contributed by atoms with van der Waals surface area (Å²) in [5, 5.41) is 2.95. The molecule has 2 aromatic carbocycles. The third kappa shape index (κ3) is 5.73. The van der Waals surface area contributed by atoms with Crippen molar-refractivity contribution in [3.63, 3.8) is 0 Å². The fourth-order valence-electron chi connectivity index (χ4n) is 3.11. The highest BCUT2D eigenvalue weighted by molar-refractivity contribution is 7.92. The monoisotopic (exact) mass is 404 g/mol. The fraction of sp³-hybridized carbons (Fsp3) is 0.381. The topological polar surface area (TPSA) is 75.7 Å². The molecule has 1 N–H and O–H groups in total. The molecule has 0 aliphatic heterocycles. The molecule has 2 rings (SSSR count). The lowest BCUT2D eigenvalue weighted by Crippen LogP contribution is -2.33. The van der Waals surface area contributed by atoms with Crippen molar-refractivity contribution < 1.29 is 17.9 Å². The predicted molar refractivity (Wildman–Crippen MR) is 112 cm³/mol. The average Bonchev–Trinajstić information content (AvgIpc) is 2.65. The number of ether oxygens (including phenoxy) is 1. The van der Waals surface area contributed by atoms with Crippen LogP contribution in [0.2, 0.25) is 0 Å². The number of hydrogen-bond donors (Lipinski definition) is 1. The zero-order valence-corrected chi connectivity index (χ0v) is 17.6. The van der Waals surface area contributed by atoms with Gasteiger partial charge in [0, 0.05) is 18.5 Å². The summed E-state index contributed by atoms with van der Waals surface area (Å²) in [7, 11) is -1.83. The first-order valence-electron chi connectivity index (χ1n) is 9.19. The quantitative estimate of drug-likeness (QED) is 0.695. The van der Waals surface area contributed by atoms with Gasteiger partial charge in [0.1, 0.15) is 5.75 Å². The number of para-hydroxylation sites is 2. The molecule has 0 spiro atoms. The van der Waals surface area contributed by atoms with Crippen LogP contribution in [0.15, 0.2) is 48.5 Å². The number of hydrogen-bond acceptors (Lipinski definition) is 4. The van der Waals surface area contributed by atoms with Gasteiger partial charge in [0.25, 0.3) is 0 Å². The van der Waals surface area contributed by atoms with Crippen LogP contribution in [-0.2, 0) is 14.8 Å². The number of carbonyl (C=O) groups is 1. The summed E-state index contributed by atoms with van der Waals surface area (Å²) in [6, 6.07) is 14.7. The van der Waals surface area contributed by atoms with E-state index in [2.05, 4.69) is 5.32 Å². The van der Waals surface area contributed by atoms with Crippen LogP contribution in [-0.4, -0.2) is 34.2 Å². The van der Waals surface area contributed by atoms with Gasteiger partial charge in [-0.25, -0.2) is 8.42 Å². The van der Waals surface area contributed by atoms with Gasteiger partial charge in [-0.05, 0) is 38.0 Å². The van der Waals surface area contributed by atoms with E-state index >= 15 is 0 Å². The summed E-state index contributed by atoms with van der Waals surface area (Å²) < 4.78 is 31.1. The standard InChI is InChI=1S/C21H28N2O4S/c1-16-10-5-7-12-19(16)23(28(4,25)26)15-9-14-21(24)22-17(2)18-11-6-8-13-20(18)27-3/h5-8,10-13,17H,9,14-15H2,1-4H3,(H,22,24)/t17-/m1/s1. The van der Waals surface area contributed by atoms with Gasteiger partial charge >= 0.3 is 0 Å². The maximum atomic E-state index is 12.3. The molecule has 0 radical (unpaired) electrons. The van der Waals surface area contributed by atoms with E-state index in [1.807, 2.05) is 56.3 Å². The number of rotatable bonds is 9. The minimum absolute atomic E-state index is 0.128. The fourth-order valence-corrected chi connectivity index (χ4v) is 4.13. The molecule has 0 bridgehead atoms. The van der Waals surface area contributed by atoms with Crippen LogP contribution >= 0.6 is 0 Å². The highest BCUT2D eigenvalue weighted by Gasteiger charge is 2.19. The summed E-state index contributed by atoms with van der Waals surface area (Å²) in [6.07, 6.45) is 1.84. The van der Waals surface area contributed by atoms with Crippen molar-refractivity contribution in [3.05, 3.63) is 59.7 Å². The molecule has 0 heterocycles. The molecule has 1 amide bonds. The van der Waals surface area contributed by atoms with E-state index in [1.54, 1.807) is 13.2 Å². The van der Waals surface area contributed by atoms with Crippen molar-refractivity contribution in [1.82, 2.24) is 5.32 Å². The Balaban J connectivity index is 1.97. The minimum Gasteiger partial charge on any atom is -0.496 e. The van der Waals surface area contributed by atoms with Crippen LogP contribution in [0.5, 0.6) is 5.75 Å². The lowest BCUT2D eigenvalue weighted by Gasteiger charge is -2.24. The van der Waals surface area contributed by atoms with Crippen molar-refractivity contribution >= 4 is 21.6 Å². The Hall–Kier alpha value is -2.54. The number of carbonyl (C=O) groups excluding carboxylic acids is 1. The van der Waals surface area contributed by atoms with Crippen LogP contribution in [0.4, 0.5) is 5.69 Å². The number of amides is 1. The zero-order chi connectivity index (χ0) is 20.7. The lowest BCUT2D eigenvalue weighted by atomic mass is 10.1. The minimum atomic E-state index is -3.43. The lowest BCUT2D eigenvalue weighted by molar-refractivity contribution is -0.121. The Morgan fingerprint density at radius 1 is 1.14 bits per heavy atom. The number of nitrogens with one attached hydrogen (secondary N) is 1. The molecule has 0 saturated carbocycles. The second-order valence-corrected chi connectivity index (χ2v) is 8.66. The highest BCUT2D eigenvalue weighted by Crippen LogP contribution is 2.25. The number of methoxy groups -OCH3 is 1. The van der Waals surface area contributed by atoms with Crippen molar-refractivity contribution in [3.8, 4) is 5.75 Å². The van der Waals surface area contributed by atoms with E-state index in [-0.39, 0.29) is 24.9 Å². The van der Waals surface area contributed by atoms with Crippen molar-refractivity contribution in [1.29, 1.82) is 0 Å². The molecule has 0 aliphatic rings. The molecule has 1 atom stereocenters. The molecule has 7 heteroatoms. The van der Waals surface area contributed by atoms with Crippen LogP contribution in [0.1, 0.15) is 36.9 Å². The van der Waals surface area contributed by atoms with Gasteiger partial charge in [0.05, 0.1) is 25.1 Å². The van der Waals surface area contributed by atoms with E-state index in [1.165, 1.54) is 10.6 Å². The van der Waals surface area contributed by atoms with Crippen molar-refractivity contribution in [2.24, 2.45) is 0 Å². The summed E-state index contributed by atoms with van der Waals surface area (Å²) in [6.45, 7) is 4.02. The molecule has 0 unspecified atom stereocenters. The molecular weight excluding hydrogens is 376 g/mol. The van der Waals surface area contributed by atoms with Gasteiger partial charge in [-0.15, -0.1) is 0 Å². The number of sulfonamides is 1. The van der Waals surface area contributed by atoms with E-state index in [0.717, 1.165) is 16.9 Å². The molecule has 0 aliphatic carbocycles. The summed E-state index contributed by atoms with van der Waals surface area (Å²) in [4.78, 5) is 12.3. The molecule has 28 heavy (non-hydrogen) atoms. The molecule has 0 aromatic heterocycles. The Bertz CT molecular complexity index is 912. The molecule has 2 aromatic rings. The Kier molecular flexibility index (Phi) is 7.45. The van der Waals surface area contributed by atoms with Gasteiger partial charge < -0.3 is 10.1 Å². The summed E-state index contributed by atoms with van der Waals surface area (Å²) >= 11 is 0. The van der Waals surface area contributed by atoms with Crippen molar-refractivity contribution in [2.45, 2.75) is 32.7 Å². The second kappa shape index (κ2) is 9.59. The molecule has 152 valence electrons. The first-order chi connectivity index (χ1) is 13.2. The largest absolute Gasteiger partial charge is 0.496 e. The number of aryl methyl sites for hydroxylation is 1. The second-order valence-electron chi connectivity index (χ2n) is 6.76. The Morgan fingerprint density at radius 2 is 1.79 bits per heavy atom. The van der Waals surface area contributed by atoms with Crippen molar-refractivity contribution in [2.75, 3.05) is 24.2 Å². The highest BCUT2D eigenvalue weighted by atomic mass is 32.2. The van der Waals surface area contributed by atoms with Gasteiger partial charge in [0.15, 0.2) is 0 Å². The Labute approximate surface area is 167 Å². The molecule has 0 fully saturated rings. The van der Waals surface area contributed by atoms with E-state index in [4.69, 9.17) is 4.74 Å². The van der Waals surface area contributed by atoms with E-state index < -0.39 is 10.0 Å². The maximum Gasteiger partial charge on any atom is 0.232 e. The third-order valence-corrected chi connectivity index (χ3v) is 5.71. The number of nitrogens with zero attached hydrogens (tertiary/aromatic N) is 1. The summed E-state index contributed by atoms with van der Waals surface area (Å²) in [5.41, 5.74) is 2.42. The van der Waals surface area contributed by atoms with Crippen LogP contribution < -0.4 is 14.4 Å². The third-order valence-electron chi connectivity index (χ3n) is 4.53. The SMILES string of the molecule is COc1ccccc1[C@@H](C)NC(=O)CCCN(c1ccccc1C)S(C)(=O)=O. The van der Waals surface area contributed by atoms with Gasteiger partial charge in [0.2, 0.25) is 15.9 Å². The van der Waals surface area contributed by atoms with Gasteiger partial charge in [-0.1, -0.05) is 36.4 Å². The van der Waals surface area contributed by atoms with E-state index in [0.29, 0.717) is 12.1 Å². The first-order valence-corrected chi connectivity index (χ1v) is 11.0. The van der Waals surface area contributed by atoms with Crippen LogP contribution in [0.3, 0.4) is 0 Å². The molecular formula is C21H28N2O4S. The first kappa shape index (κ1) is 21.8. The molecule has 0 saturated heterocycles. The van der Waals surface area contributed by atoms with Gasteiger partial charge in [-0.2, -0.15) is 0 Å². The summed E-state index contributed by atoms with van der Waals surface area (Å²) in [5.74, 6) is 0.592. The maximum absolute atomic E-state index is 12.3. The molecule has 6 nitrogen and oxygen atoms in total. The number of benzene rings is 2. The predicted octanol–water partition coefficient (Wildman–Crippen LogP) is 3.43.